The molecule has 0 bridgehead atoms. The third-order valence-electron chi connectivity index (χ3n) is 4.56. The predicted octanol–water partition coefficient (Wildman–Crippen LogP) is 3.63. The minimum absolute atomic E-state index is 0.190. The first-order valence-corrected chi connectivity index (χ1v) is 8.71. The molecule has 1 fully saturated rings. The van der Waals surface area contributed by atoms with E-state index in [1.165, 1.54) is 12.5 Å². The third kappa shape index (κ3) is 5.52. The smallest absolute Gasteiger partial charge is 0.331 e. The van der Waals surface area contributed by atoms with E-state index in [-0.39, 0.29) is 11.9 Å². The maximum absolute atomic E-state index is 12.2. The molecule has 2 rings (SSSR count). The lowest BCUT2D eigenvalue weighted by Gasteiger charge is -2.30. The van der Waals surface area contributed by atoms with Gasteiger partial charge in [0.2, 0.25) is 0 Å². The number of hydrogen-bond acceptors (Lipinski definition) is 3. The molecule has 1 aromatic rings. The topological polar surface area (TPSA) is 55.4 Å². The molecular weight excluding hydrogens is 302 g/mol. The molecule has 1 aromatic carbocycles. The highest BCUT2D eigenvalue weighted by Gasteiger charge is 2.25. The van der Waals surface area contributed by atoms with Gasteiger partial charge in [-0.15, -0.1) is 0 Å². The summed E-state index contributed by atoms with van der Waals surface area (Å²) in [4.78, 5) is 24.1. The van der Waals surface area contributed by atoms with Gasteiger partial charge in [-0.05, 0) is 44.2 Å². The quantitative estimate of drug-likeness (QED) is 0.663. The van der Waals surface area contributed by atoms with Gasteiger partial charge in [-0.1, -0.05) is 49.6 Å². The average Bonchev–Trinajstić information content (AvgIpc) is 2.55. The Morgan fingerprint density at radius 1 is 1.29 bits per heavy atom. The number of carbonyl (C=O) groups excluding carboxylic acids is 2. The molecule has 0 aliphatic heterocycles. The fourth-order valence-electron chi connectivity index (χ4n) is 3.04. The normalized spacial score (nSPS) is 22.1. The molecule has 1 aliphatic carbocycles. The number of benzene rings is 1. The van der Waals surface area contributed by atoms with Crippen LogP contribution in [0.4, 0.5) is 0 Å². The molecule has 1 N–H and O–H groups in total. The number of amides is 1. The van der Waals surface area contributed by atoms with E-state index in [0.717, 1.165) is 30.4 Å². The number of ether oxygens (including phenoxy) is 1. The Hall–Kier alpha value is -2.10. The highest BCUT2D eigenvalue weighted by atomic mass is 16.5. The van der Waals surface area contributed by atoms with E-state index in [9.17, 15) is 9.59 Å². The Labute approximate surface area is 144 Å². The van der Waals surface area contributed by atoms with Gasteiger partial charge in [-0.3, -0.25) is 4.79 Å². The minimum atomic E-state index is -0.784. The van der Waals surface area contributed by atoms with E-state index in [1.54, 1.807) is 13.0 Å². The van der Waals surface area contributed by atoms with Crippen LogP contribution in [0.1, 0.15) is 50.7 Å². The van der Waals surface area contributed by atoms with Crippen molar-refractivity contribution in [3.8, 4) is 0 Å². The van der Waals surface area contributed by atoms with Gasteiger partial charge in [-0.25, -0.2) is 4.79 Å². The second kappa shape index (κ2) is 8.67. The fraction of sp³-hybridized carbons (Fsp3) is 0.500. The van der Waals surface area contributed by atoms with Gasteiger partial charge in [0.1, 0.15) is 0 Å². The maximum Gasteiger partial charge on any atom is 0.331 e. The Bertz CT molecular complexity index is 609. The van der Waals surface area contributed by atoms with E-state index < -0.39 is 12.1 Å². The Balaban J connectivity index is 1.83. The summed E-state index contributed by atoms with van der Waals surface area (Å²) in [6, 6.07) is 8.01. The van der Waals surface area contributed by atoms with Crippen molar-refractivity contribution in [2.24, 2.45) is 5.92 Å². The standard InChI is InChI=1S/C20H27NO3/c1-14-7-6-9-17(13-14)11-12-19(22)24-16(3)20(23)21-18-10-5-4-8-15(18)2/h6-7,9,11-13,15-16,18H,4-5,8,10H2,1-3H3,(H,21,23)/b12-11+/t15-,16+,18+/m0/s1. The fourth-order valence-corrected chi connectivity index (χ4v) is 3.04. The summed E-state index contributed by atoms with van der Waals surface area (Å²) >= 11 is 0. The van der Waals surface area contributed by atoms with E-state index in [2.05, 4.69) is 12.2 Å². The van der Waals surface area contributed by atoms with Crippen molar-refractivity contribution in [1.29, 1.82) is 0 Å². The summed E-state index contributed by atoms with van der Waals surface area (Å²) in [6.45, 7) is 5.76. The van der Waals surface area contributed by atoms with Crippen LogP contribution >= 0.6 is 0 Å². The van der Waals surface area contributed by atoms with Crippen LogP contribution in [-0.2, 0) is 14.3 Å². The maximum atomic E-state index is 12.2. The van der Waals surface area contributed by atoms with Gasteiger partial charge in [0.15, 0.2) is 6.10 Å². The van der Waals surface area contributed by atoms with Gasteiger partial charge < -0.3 is 10.1 Å². The highest BCUT2D eigenvalue weighted by molar-refractivity contribution is 5.90. The molecule has 4 nitrogen and oxygen atoms in total. The first-order chi connectivity index (χ1) is 11.5. The zero-order chi connectivity index (χ0) is 17.5. The molecule has 130 valence electrons. The largest absolute Gasteiger partial charge is 0.449 e. The van der Waals surface area contributed by atoms with Crippen LogP contribution in [0.2, 0.25) is 0 Å². The molecule has 1 saturated carbocycles. The van der Waals surface area contributed by atoms with Crippen LogP contribution in [0, 0.1) is 12.8 Å². The first-order valence-electron chi connectivity index (χ1n) is 8.71. The van der Waals surface area contributed by atoms with Gasteiger partial charge in [-0.2, -0.15) is 0 Å². The van der Waals surface area contributed by atoms with Crippen molar-refractivity contribution in [3.63, 3.8) is 0 Å². The molecule has 0 saturated heterocycles. The number of nitrogens with one attached hydrogen (secondary N) is 1. The summed E-state index contributed by atoms with van der Waals surface area (Å²) in [6.07, 6.45) is 6.78. The molecule has 0 unspecified atom stereocenters. The SMILES string of the molecule is Cc1cccc(/C=C/C(=O)O[C@H](C)C(=O)N[C@@H]2CCCC[C@@H]2C)c1. The van der Waals surface area contributed by atoms with Crippen LogP contribution in [0.3, 0.4) is 0 Å². The Morgan fingerprint density at radius 2 is 2.04 bits per heavy atom. The summed E-state index contributed by atoms with van der Waals surface area (Å²) < 4.78 is 5.20. The number of hydrogen-bond donors (Lipinski definition) is 1. The average molecular weight is 329 g/mol. The number of esters is 1. The summed E-state index contributed by atoms with van der Waals surface area (Å²) in [7, 11) is 0. The lowest BCUT2D eigenvalue weighted by Crippen LogP contribution is -2.45. The molecule has 0 spiro atoms. The van der Waals surface area contributed by atoms with Crippen molar-refractivity contribution in [1.82, 2.24) is 5.32 Å². The number of rotatable bonds is 5. The van der Waals surface area contributed by atoms with Crippen LogP contribution < -0.4 is 5.32 Å². The summed E-state index contributed by atoms with van der Waals surface area (Å²) in [5, 5.41) is 3.01. The monoisotopic (exact) mass is 329 g/mol. The van der Waals surface area contributed by atoms with Crippen LogP contribution in [0.5, 0.6) is 0 Å². The Kier molecular flexibility index (Phi) is 6.59. The zero-order valence-corrected chi connectivity index (χ0v) is 14.7. The van der Waals surface area contributed by atoms with Crippen molar-refractivity contribution >= 4 is 18.0 Å². The molecule has 0 aromatic heterocycles. The van der Waals surface area contributed by atoms with Crippen LogP contribution in [0.25, 0.3) is 6.08 Å². The van der Waals surface area contributed by atoms with Crippen LogP contribution in [-0.4, -0.2) is 24.0 Å². The molecule has 4 heteroatoms. The van der Waals surface area contributed by atoms with Crippen molar-refractivity contribution in [2.45, 2.75) is 58.6 Å². The second-order valence-corrected chi connectivity index (χ2v) is 6.70. The predicted molar refractivity (Wildman–Crippen MR) is 95.3 cm³/mol. The first kappa shape index (κ1) is 18.2. The van der Waals surface area contributed by atoms with Crippen molar-refractivity contribution in [3.05, 3.63) is 41.5 Å². The van der Waals surface area contributed by atoms with E-state index in [0.29, 0.717) is 5.92 Å². The van der Waals surface area contributed by atoms with E-state index >= 15 is 0 Å². The minimum Gasteiger partial charge on any atom is -0.449 e. The van der Waals surface area contributed by atoms with Crippen molar-refractivity contribution < 1.29 is 14.3 Å². The van der Waals surface area contributed by atoms with Gasteiger partial charge in [0.25, 0.3) is 5.91 Å². The molecule has 3 atom stereocenters. The second-order valence-electron chi connectivity index (χ2n) is 6.70. The van der Waals surface area contributed by atoms with Gasteiger partial charge in [0.05, 0.1) is 0 Å². The molecule has 24 heavy (non-hydrogen) atoms. The summed E-state index contributed by atoms with van der Waals surface area (Å²) in [5.74, 6) is -0.242. The number of carbonyl (C=O) groups is 2. The molecular formula is C20H27NO3. The number of aryl methyl sites for hydroxylation is 1. The van der Waals surface area contributed by atoms with Gasteiger partial charge >= 0.3 is 5.97 Å². The molecule has 1 amide bonds. The Morgan fingerprint density at radius 3 is 2.75 bits per heavy atom. The molecule has 0 radical (unpaired) electrons. The zero-order valence-electron chi connectivity index (χ0n) is 14.7. The molecule has 0 heterocycles. The lowest BCUT2D eigenvalue weighted by atomic mass is 9.86. The highest BCUT2D eigenvalue weighted by Crippen LogP contribution is 2.23. The summed E-state index contributed by atoms with van der Waals surface area (Å²) in [5.41, 5.74) is 2.06. The van der Waals surface area contributed by atoms with Crippen LogP contribution in [0.15, 0.2) is 30.3 Å². The van der Waals surface area contributed by atoms with Gasteiger partial charge in [0, 0.05) is 12.1 Å². The third-order valence-corrected chi connectivity index (χ3v) is 4.56. The molecule has 1 aliphatic rings. The van der Waals surface area contributed by atoms with Crippen molar-refractivity contribution in [2.75, 3.05) is 0 Å². The lowest BCUT2D eigenvalue weighted by molar-refractivity contribution is -0.150. The van der Waals surface area contributed by atoms with E-state index in [4.69, 9.17) is 4.74 Å². The van der Waals surface area contributed by atoms with E-state index in [1.807, 2.05) is 31.2 Å².